The SMILES string of the molecule is CC1CN(Cc2cn(CCN)nn2)CC1N(C)C. The van der Waals surface area contributed by atoms with E-state index in [2.05, 4.69) is 41.1 Å². The Balaban J connectivity index is 1.90. The Morgan fingerprint density at radius 3 is 2.83 bits per heavy atom. The van der Waals surface area contributed by atoms with E-state index in [1.807, 2.05) is 10.9 Å². The Bertz CT molecular complexity index is 374. The Hall–Kier alpha value is -0.980. The number of likely N-dealkylation sites (tertiary alicyclic amines) is 1. The molecule has 0 aliphatic carbocycles. The molecule has 2 N–H and O–H groups in total. The minimum atomic E-state index is 0.603. The van der Waals surface area contributed by atoms with E-state index in [-0.39, 0.29) is 0 Å². The first-order valence-electron chi connectivity index (χ1n) is 6.58. The van der Waals surface area contributed by atoms with E-state index < -0.39 is 0 Å². The molecule has 102 valence electrons. The summed E-state index contributed by atoms with van der Waals surface area (Å²) in [4.78, 5) is 4.77. The zero-order chi connectivity index (χ0) is 13.1. The van der Waals surface area contributed by atoms with Crippen LogP contribution in [0.2, 0.25) is 0 Å². The Morgan fingerprint density at radius 1 is 1.44 bits per heavy atom. The van der Waals surface area contributed by atoms with Crippen LogP contribution in [0.3, 0.4) is 0 Å². The van der Waals surface area contributed by atoms with Gasteiger partial charge in [0.25, 0.3) is 0 Å². The molecular weight excluding hydrogens is 228 g/mol. The van der Waals surface area contributed by atoms with Crippen LogP contribution in [0.4, 0.5) is 0 Å². The van der Waals surface area contributed by atoms with Gasteiger partial charge in [-0.2, -0.15) is 0 Å². The number of aromatic nitrogens is 3. The second-order valence-electron chi connectivity index (χ2n) is 5.46. The van der Waals surface area contributed by atoms with E-state index in [4.69, 9.17) is 5.73 Å². The highest BCUT2D eigenvalue weighted by Crippen LogP contribution is 2.21. The van der Waals surface area contributed by atoms with Crippen molar-refractivity contribution in [1.29, 1.82) is 0 Å². The van der Waals surface area contributed by atoms with Crippen LogP contribution in [0.25, 0.3) is 0 Å². The molecule has 0 aromatic carbocycles. The zero-order valence-electron chi connectivity index (χ0n) is 11.6. The van der Waals surface area contributed by atoms with E-state index in [9.17, 15) is 0 Å². The molecule has 0 amide bonds. The summed E-state index contributed by atoms with van der Waals surface area (Å²) < 4.78 is 1.82. The van der Waals surface area contributed by atoms with Gasteiger partial charge in [-0.25, -0.2) is 0 Å². The van der Waals surface area contributed by atoms with Gasteiger partial charge in [0.2, 0.25) is 0 Å². The fraction of sp³-hybridized carbons (Fsp3) is 0.833. The molecule has 1 aromatic heterocycles. The summed E-state index contributed by atoms with van der Waals surface area (Å²) in [7, 11) is 4.31. The van der Waals surface area contributed by atoms with Crippen molar-refractivity contribution in [3.63, 3.8) is 0 Å². The molecule has 18 heavy (non-hydrogen) atoms. The van der Waals surface area contributed by atoms with Crippen molar-refractivity contribution < 1.29 is 0 Å². The molecule has 0 bridgehead atoms. The van der Waals surface area contributed by atoms with Crippen LogP contribution in [-0.4, -0.2) is 64.6 Å². The van der Waals surface area contributed by atoms with Gasteiger partial charge >= 0.3 is 0 Å². The van der Waals surface area contributed by atoms with E-state index in [1.54, 1.807) is 0 Å². The molecule has 6 nitrogen and oxygen atoms in total. The minimum absolute atomic E-state index is 0.603. The topological polar surface area (TPSA) is 63.2 Å². The minimum Gasteiger partial charge on any atom is -0.329 e. The van der Waals surface area contributed by atoms with Crippen molar-refractivity contribution in [2.45, 2.75) is 26.1 Å². The number of hydrogen-bond donors (Lipinski definition) is 1. The van der Waals surface area contributed by atoms with Gasteiger partial charge in [-0.1, -0.05) is 12.1 Å². The van der Waals surface area contributed by atoms with Gasteiger partial charge in [-0.15, -0.1) is 5.10 Å². The molecule has 1 aliphatic rings. The average molecular weight is 252 g/mol. The highest BCUT2D eigenvalue weighted by Gasteiger charge is 2.31. The number of hydrogen-bond acceptors (Lipinski definition) is 5. The number of nitrogens with zero attached hydrogens (tertiary/aromatic N) is 5. The zero-order valence-corrected chi connectivity index (χ0v) is 11.6. The van der Waals surface area contributed by atoms with Crippen molar-refractivity contribution in [2.75, 3.05) is 33.7 Å². The highest BCUT2D eigenvalue weighted by molar-refractivity contribution is 4.96. The normalized spacial score (nSPS) is 25.2. The van der Waals surface area contributed by atoms with Crippen molar-refractivity contribution in [2.24, 2.45) is 11.7 Å². The summed E-state index contributed by atoms with van der Waals surface area (Å²) in [6.45, 7) is 6.79. The number of likely N-dealkylation sites (N-methyl/N-ethyl adjacent to an activating group) is 1. The Labute approximate surface area is 109 Å². The summed E-state index contributed by atoms with van der Waals surface area (Å²) >= 11 is 0. The van der Waals surface area contributed by atoms with Gasteiger partial charge in [-0.3, -0.25) is 9.58 Å². The van der Waals surface area contributed by atoms with Crippen LogP contribution in [0.5, 0.6) is 0 Å². The van der Waals surface area contributed by atoms with Crippen molar-refractivity contribution in [3.8, 4) is 0 Å². The second kappa shape index (κ2) is 5.77. The highest BCUT2D eigenvalue weighted by atomic mass is 15.4. The van der Waals surface area contributed by atoms with E-state index >= 15 is 0 Å². The number of rotatable bonds is 5. The van der Waals surface area contributed by atoms with E-state index in [1.165, 1.54) is 0 Å². The molecule has 1 aliphatic heterocycles. The summed E-state index contributed by atoms with van der Waals surface area (Å²) in [6, 6.07) is 0.643. The van der Waals surface area contributed by atoms with Crippen LogP contribution in [0.1, 0.15) is 12.6 Å². The molecule has 1 fully saturated rings. The van der Waals surface area contributed by atoms with Crippen LogP contribution in [0.15, 0.2) is 6.20 Å². The summed E-state index contributed by atoms with van der Waals surface area (Å²) in [5.41, 5.74) is 6.54. The summed E-state index contributed by atoms with van der Waals surface area (Å²) in [6.07, 6.45) is 2.00. The first-order valence-corrected chi connectivity index (χ1v) is 6.58. The molecule has 1 saturated heterocycles. The van der Waals surface area contributed by atoms with Crippen LogP contribution >= 0.6 is 0 Å². The predicted molar refractivity (Wildman–Crippen MR) is 71.0 cm³/mol. The molecule has 1 aromatic rings. The smallest absolute Gasteiger partial charge is 0.0967 e. The lowest BCUT2D eigenvalue weighted by molar-refractivity contribution is 0.249. The molecule has 0 spiro atoms. The van der Waals surface area contributed by atoms with E-state index in [0.29, 0.717) is 18.5 Å². The van der Waals surface area contributed by atoms with E-state index in [0.717, 1.165) is 31.9 Å². The molecule has 2 atom stereocenters. The van der Waals surface area contributed by atoms with Gasteiger partial charge in [-0.05, 0) is 20.0 Å². The van der Waals surface area contributed by atoms with Crippen LogP contribution < -0.4 is 5.73 Å². The van der Waals surface area contributed by atoms with Gasteiger partial charge in [0.05, 0.1) is 12.2 Å². The monoisotopic (exact) mass is 252 g/mol. The van der Waals surface area contributed by atoms with Gasteiger partial charge in [0.1, 0.15) is 0 Å². The third-order valence-corrected chi connectivity index (χ3v) is 3.64. The fourth-order valence-electron chi connectivity index (χ4n) is 2.73. The molecule has 2 rings (SSSR count). The molecule has 6 heteroatoms. The van der Waals surface area contributed by atoms with Crippen molar-refractivity contribution in [1.82, 2.24) is 24.8 Å². The number of nitrogens with two attached hydrogens (primary N) is 1. The molecule has 2 unspecified atom stereocenters. The Kier molecular flexibility index (Phi) is 4.31. The maximum Gasteiger partial charge on any atom is 0.0967 e. The lowest BCUT2D eigenvalue weighted by Crippen LogP contribution is -2.34. The summed E-state index contributed by atoms with van der Waals surface area (Å²) in [5, 5.41) is 8.27. The van der Waals surface area contributed by atoms with Crippen LogP contribution in [-0.2, 0) is 13.1 Å². The van der Waals surface area contributed by atoms with Gasteiger partial charge in [0.15, 0.2) is 0 Å². The van der Waals surface area contributed by atoms with Crippen molar-refractivity contribution in [3.05, 3.63) is 11.9 Å². The fourth-order valence-corrected chi connectivity index (χ4v) is 2.73. The molecule has 0 saturated carbocycles. The molecular formula is C12H24N6. The average Bonchev–Trinajstić information content (AvgIpc) is 2.87. The first kappa shape index (κ1) is 13.5. The van der Waals surface area contributed by atoms with Crippen molar-refractivity contribution >= 4 is 0 Å². The quantitative estimate of drug-likeness (QED) is 0.774. The second-order valence-corrected chi connectivity index (χ2v) is 5.46. The van der Waals surface area contributed by atoms with Gasteiger partial charge < -0.3 is 10.6 Å². The Morgan fingerprint density at radius 2 is 2.22 bits per heavy atom. The predicted octanol–water partition coefficient (Wildman–Crippen LogP) is -0.381. The largest absolute Gasteiger partial charge is 0.329 e. The molecule has 0 radical (unpaired) electrons. The standard InChI is InChI=1S/C12H24N6/c1-10-6-17(9-12(10)16(2)3)7-11-8-18(5-4-13)15-14-11/h8,10,12H,4-7,9,13H2,1-3H3. The maximum absolute atomic E-state index is 5.50. The molecule has 2 heterocycles. The first-order chi connectivity index (χ1) is 8.60. The third-order valence-electron chi connectivity index (χ3n) is 3.64. The lowest BCUT2D eigenvalue weighted by atomic mass is 10.1. The summed E-state index contributed by atoms with van der Waals surface area (Å²) in [5.74, 6) is 0.707. The maximum atomic E-state index is 5.50. The lowest BCUT2D eigenvalue weighted by Gasteiger charge is -2.22. The van der Waals surface area contributed by atoms with Crippen LogP contribution in [0, 0.1) is 5.92 Å². The third kappa shape index (κ3) is 3.07. The van der Waals surface area contributed by atoms with Gasteiger partial charge in [0, 0.05) is 38.4 Å².